The first-order valence-electron chi connectivity index (χ1n) is 9.20. The number of hydrogen-bond donors (Lipinski definition) is 2. The van der Waals surface area contributed by atoms with E-state index in [2.05, 4.69) is 22.2 Å². The van der Waals surface area contributed by atoms with Gasteiger partial charge in [-0.1, -0.05) is 6.07 Å². The zero-order valence-corrected chi connectivity index (χ0v) is 17.0. The molecule has 0 radical (unpaired) electrons. The molecule has 0 atom stereocenters. The molecule has 0 aliphatic heterocycles. The molecule has 0 aliphatic carbocycles. The summed E-state index contributed by atoms with van der Waals surface area (Å²) in [7, 11) is 3.56. The first-order valence-corrected chi connectivity index (χ1v) is 9.20. The first-order chi connectivity index (χ1) is 13.5. The van der Waals surface area contributed by atoms with Crippen molar-refractivity contribution in [1.29, 1.82) is 0 Å². The van der Waals surface area contributed by atoms with Crippen LogP contribution in [0.4, 0.5) is 0 Å². The Morgan fingerprint density at radius 2 is 2.11 bits per heavy atom. The number of aromatic nitrogens is 1. The van der Waals surface area contributed by atoms with Crippen LogP contribution in [-0.4, -0.2) is 44.7 Å². The molecular weight excluding hydrogens is 352 g/mol. The Balaban J connectivity index is 2.26. The van der Waals surface area contributed by atoms with Crippen LogP contribution in [0.15, 0.2) is 35.5 Å². The van der Waals surface area contributed by atoms with Gasteiger partial charge in [0.15, 0.2) is 6.29 Å². The van der Waals surface area contributed by atoms with Crippen LogP contribution in [-0.2, 0) is 6.42 Å². The van der Waals surface area contributed by atoms with E-state index in [4.69, 9.17) is 10.5 Å². The number of carbonyl (C=O) groups is 1. The van der Waals surface area contributed by atoms with Gasteiger partial charge in [0.2, 0.25) is 0 Å². The Labute approximate surface area is 166 Å². The summed E-state index contributed by atoms with van der Waals surface area (Å²) in [5.74, 6) is 0.662. The number of hydrogen-bond acceptors (Lipinski definition) is 6. The van der Waals surface area contributed by atoms with E-state index in [1.165, 1.54) is 0 Å². The SMILES string of the molecule is CN=C/C=C(\N)c1ccc(Cc2cc(C=O)c(OCCNC)c(C)c2C)cn1. The van der Waals surface area contributed by atoms with E-state index >= 15 is 0 Å². The Bertz CT molecular complexity index is 871. The van der Waals surface area contributed by atoms with E-state index in [-0.39, 0.29) is 0 Å². The van der Waals surface area contributed by atoms with Crippen molar-refractivity contribution in [2.75, 3.05) is 27.2 Å². The van der Waals surface area contributed by atoms with Crippen LogP contribution in [0.2, 0.25) is 0 Å². The highest BCUT2D eigenvalue weighted by Crippen LogP contribution is 2.29. The lowest BCUT2D eigenvalue weighted by molar-refractivity contribution is 0.111. The molecule has 2 aromatic rings. The minimum Gasteiger partial charge on any atom is -0.491 e. The van der Waals surface area contributed by atoms with Gasteiger partial charge in [0, 0.05) is 26.0 Å². The lowest BCUT2D eigenvalue weighted by atomic mass is 9.94. The lowest BCUT2D eigenvalue weighted by Gasteiger charge is -2.17. The van der Waals surface area contributed by atoms with Crippen molar-refractivity contribution in [1.82, 2.24) is 10.3 Å². The minimum absolute atomic E-state index is 0.514. The molecule has 1 aromatic heterocycles. The topological polar surface area (TPSA) is 89.6 Å². The third-order valence-corrected chi connectivity index (χ3v) is 4.62. The van der Waals surface area contributed by atoms with Crippen molar-refractivity contribution in [3.8, 4) is 5.75 Å². The maximum Gasteiger partial charge on any atom is 0.153 e. The van der Waals surface area contributed by atoms with Crippen molar-refractivity contribution in [3.63, 3.8) is 0 Å². The number of aliphatic imine (C=N–C) groups is 1. The van der Waals surface area contributed by atoms with Gasteiger partial charge < -0.3 is 15.8 Å². The van der Waals surface area contributed by atoms with Crippen LogP contribution in [0.1, 0.15) is 38.3 Å². The summed E-state index contributed by atoms with van der Waals surface area (Å²) in [4.78, 5) is 19.9. The normalized spacial score (nSPS) is 11.8. The summed E-state index contributed by atoms with van der Waals surface area (Å²) in [6, 6.07) is 5.80. The molecule has 148 valence electrons. The number of benzene rings is 1. The van der Waals surface area contributed by atoms with Crippen molar-refractivity contribution < 1.29 is 9.53 Å². The first kappa shape index (κ1) is 21.3. The lowest BCUT2D eigenvalue weighted by Crippen LogP contribution is -2.17. The Hall–Kier alpha value is -2.99. The number of carbonyl (C=O) groups excluding carboxylic acids is 1. The van der Waals surface area contributed by atoms with Crippen molar-refractivity contribution >= 4 is 18.2 Å². The number of nitrogens with zero attached hydrogens (tertiary/aromatic N) is 2. The Morgan fingerprint density at radius 1 is 1.32 bits per heavy atom. The predicted molar refractivity (Wildman–Crippen MR) is 114 cm³/mol. The maximum absolute atomic E-state index is 11.6. The molecule has 28 heavy (non-hydrogen) atoms. The third-order valence-electron chi connectivity index (χ3n) is 4.62. The molecule has 3 N–H and O–H groups in total. The number of likely N-dealkylation sites (N-methyl/N-ethyl adjacent to an activating group) is 1. The summed E-state index contributed by atoms with van der Waals surface area (Å²) in [5, 5.41) is 3.04. The third kappa shape index (κ3) is 5.27. The van der Waals surface area contributed by atoms with Gasteiger partial charge in [0.05, 0.1) is 17.0 Å². The van der Waals surface area contributed by atoms with E-state index < -0.39 is 0 Å². The molecular formula is C22H28N4O2. The van der Waals surface area contributed by atoms with Gasteiger partial charge in [-0.2, -0.15) is 0 Å². The van der Waals surface area contributed by atoms with E-state index in [9.17, 15) is 4.79 Å². The number of ether oxygens (including phenoxy) is 1. The number of nitrogens with one attached hydrogen (secondary N) is 1. The monoisotopic (exact) mass is 380 g/mol. The number of allylic oxidation sites excluding steroid dienone is 1. The van der Waals surface area contributed by atoms with Crippen molar-refractivity contribution in [2.24, 2.45) is 10.7 Å². The zero-order chi connectivity index (χ0) is 20.5. The van der Waals surface area contributed by atoms with Crippen molar-refractivity contribution in [2.45, 2.75) is 20.3 Å². The van der Waals surface area contributed by atoms with Gasteiger partial charge in [0.1, 0.15) is 12.4 Å². The van der Waals surface area contributed by atoms with Crippen LogP contribution in [0, 0.1) is 13.8 Å². The van der Waals surface area contributed by atoms with Crippen LogP contribution in [0.25, 0.3) is 5.70 Å². The molecule has 0 bridgehead atoms. The molecule has 6 nitrogen and oxygen atoms in total. The van der Waals surface area contributed by atoms with Crippen LogP contribution in [0.5, 0.6) is 5.75 Å². The van der Waals surface area contributed by atoms with E-state index in [1.54, 1.807) is 19.3 Å². The second-order valence-corrected chi connectivity index (χ2v) is 6.53. The summed E-state index contributed by atoms with van der Waals surface area (Å²) in [6.07, 6.45) is 6.70. The van der Waals surface area contributed by atoms with E-state index in [0.717, 1.165) is 35.1 Å². The smallest absolute Gasteiger partial charge is 0.153 e. The summed E-state index contributed by atoms with van der Waals surface area (Å²) >= 11 is 0. The molecule has 0 aliphatic rings. The standard InChI is InChI=1S/C22H28N4O2/c1-15-16(2)22(28-10-9-25-4)19(14-27)12-18(15)11-17-5-6-21(26-13-17)20(23)7-8-24-3/h5-8,12-14,25H,9-11,23H2,1-4H3/b20-7-,24-8?. The summed E-state index contributed by atoms with van der Waals surface area (Å²) < 4.78 is 5.82. The highest BCUT2D eigenvalue weighted by Gasteiger charge is 2.14. The van der Waals surface area contributed by atoms with Gasteiger partial charge in [-0.05, 0) is 67.8 Å². The molecule has 0 saturated carbocycles. The second-order valence-electron chi connectivity index (χ2n) is 6.53. The minimum atomic E-state index is 0.514. The largest absolute Gasteiger partial charge is 0.491 e. The molecule has 0 unspecified atom stereocenters. The molecule has 0 spiro atoms. The fourth-order valence-electron chi connectivity index (χ4n) is 2.87. The Kier molecular flexibility index (Phi) is 7.89. The zero-order valence-electron chi connectivity index (χ0n) is 17.0. The van der Waals surface area contributed by atoms with Crippen LogP contribution < -0.4 is 15.8 Å². The van der Waals surface area contributed by atoms with Gasteiger partial charge in [-0.15, -0.1) is 0 Å². The molecule has 1 aromatic carbocycles. The van der Waals surface area contributed by atoms with Gasteiger partial charge in [0.25, 0.3) is 0 Å². The predicted octanol–water partition coefficient (Wildman–Crippen LogP) is 2.70. The molecule has 0 saturated heterocycles. The van der Waals surface area contributed by atoms with Crippen LogP contribution >= 0.6 is 0 Å². The highest BCUT2D eigenvalue weighted by atomic mass is 16.5. The van der Waals surface area contributed by atoms with Gasteiger partial charge >= 0.3 is 0 Å². The fraction of sp³-hybridized carbons (Fsp3) is 0.318. The quantitative estimate of drug-likeness (QED) is 0.397. The molecule has 6 heteroatoms. The average Bonchev–Trinajstić information content (AvgIpc) is 2.71. The number of pyridine rings is 1. The fourth-order valence-corrected chi connectivity index (χ4v) is 2.87. The van der Waals surface area contributed by atoms with E-state index in [0.29, 0.717) is 35.7 Å². The average molecular weight is 380 g/mol. The molecule has 0 amide bonds. The summed E-state index contributed by atoms with van der Waals surface area (Å²) in [6.45, 7) is 5.28. The molecule has 0 fully saturated rings. The van der Waals surface area contributed by atoms with Gasteiger partial charge in [-0.25, -0.2) is 0 Å². The Morgan fingerprint density at radius 3 is 2.71 bits per heavy atom. The van der Waals surface area contributed by atoms with Gasteiger partial charge in [-0.3, -0.25) is 14.8 Å². The number of rotatable bonds is 9. The maximum atomic E-state index is 11.6. The highest BCUT2D eigenvalue weighted by molar-refractivity contribution is 5.82. The van der Waals surface area contributed by atoms with Crippen molar-refractivity contribution in [3.05, 3.63) is 64.0 Å². The summed E-state index contributed by atoms with van der Waals surface area (Å²) in [5.41, 5.74) is 12.1. The molecule has 1 heterocycles. The molecule has 2 rings (SSSR count). The second kappa shape index (κ2) is 10.4. The number of nitrogens with two attached hydrogens (primary N) is 1. The van der Waals surface area contributed by atoms with E-state index in [1.807, 2.05) is 38.4 Å². The number of aldehydes is 1. The van der Waals surface area contributed by atoms with Crippen LogP contribution in [0.3, 0.4) is 0 Å².